The van der Waals surface area contributed by atoms with Gasteiger partial charge >= 0.3 is 0 Å². The summed E-state index contributed by atoms with van der Waals surface area (Å²) < 4.78 is 0. The Morgan fingerprint density at radius 3 is 2.76 bits per heavy atom. The summed E-state index contributed by atoms with van der Waals surface area (Å²) in [6.45, 7) is 11.4. The number of anilines is 1. The summed E-state index contributed by atoms with van der Waals surface area (Å²) >= 11 is 0. The van der Waals surface area contributed by atoms with E-state index in [-0.39, 0.29) is 5.91 Å². The maximum Gasteiger partial charge on any atom is 0.251 e. The lowest BCUT2D eigenvalue weighted by Gasteiger charge is -2.21. The van der Waals surface area contributed by atoms with Crippen LogP contribution in [0.25, 0.3) is 0 Å². The van der Waals surface area contributed by atoms with E-state index in [0.29, 0.717) is 18.6 Å². The molecule has 1 atom stereocenters. The van der Waals surface area contributed by atoms with Gasteiger partial charge in [0.25, 0.3) is 5.91 Å². The number of carbonyl (C=O) groups excluding carboxylic acids is 1. The molecule has 1 unspecified atom stereocenters. The van der Waals surface area contributed by atoms with Crippen LogP contribution in [0.5, 0.6) is 0 Å². The monoisotopic (exact) mass is 289 g/mol. The molecule has 0 aliphatic carbocycles. The van der Waals surface area contributed by atoms with E-state index in [9.17, 15) is 4.79 Å². The lowest BCUT2D eigenvalue weighted by molar-refractivity contribution is 0.0956. The Bertz CT molecular complexity index is 499. The number of hydrogen-bond donors (Lipinski definition) is 2. The number of aryl methyl sites for hydroxylation is 1. The van der Waals surface area contributed by atoms with Crippen molar-refractivity contribution < 1.29 is 4.79 Å². The molecule has 116 valence electrons. The van der Waals surface area contributed by atoms with Gasteiger partial charge < -0.3 is 10.6 Å². The van der Waals surface area contributed by atoms with Gasteiger partial charge in [-0.25, -0.2) is 0 Å². The molecule has 2 N–H and O–H groups in total. The van der Waals surface area contributed by atoms with Gasteiger partial charge in [-0.15, -0.1) is 0 Å². The van der Waals surface area contributed by atoms with E-state index in [1.54, 1.807) is 0 Å². The third-order valence-electron chi connectivity index (χ3n) is 4.14. The van der Waals surface area contributed by atoms with Gasteiger partial charge in [0, 0.05) is 43.0 Å². The molecule has 0 spiro atoms. The zero-order valence-corrected chi connectivity index (χ0v) is 13.6. The number of hydrogen-bond acceptors (Lipinski definition) is 3. The maximum absolute atomic E-state index is 11.8. The van der Waals surface area contributed by atoms with Crippen molar-refractivity contribution in [2.24, 2.45) is 0 Å². The van der Waals surface area contributed by atoms with Gasteiger partial charge in [0.05, 0.1) is 0 Å². The zero-order valence-electron chi connectivity index (χ0n) is 13.6. The Morgan fingerprint density at radius 1 is 1.43 bits per heavy atom. The third-order valence-corrected chi connectivity index (χ3v) is 4.14. The Morgan fingerprint density at radius 2 is 2.19 bits per heavy atom. The minimum absolute atomic E-state index is 0.000927. The first-order chi connectivity index (χ1) is 10.0. The molecule has 1 fully saturated rings. The molecule has 1 aliphatic heterocycles. The van der Waals surface area contributed by atoms with E-state index >= 15 is 0 Å². The average Bonchev–Trinajstić information content (AvgIpc) is 2.90. The molecule has 4 nitrogen and oxygen atoms in total. The molecule has 0 saturated carbocycles. The minimum Gasteiger partial charge on any atom is -0.381 e. The molecule has 1 aliphatic rings. The SMILES string of the molecule is CCNC(=O)c1ccc(NC2CCN(C(C)C)C2)c(C)c1. The van der Waals surface area contributed by atoms with Crippen molar-refractivity contribution >= 4 is 11.6 Å². The second-order valence-electron chi connectivity index (χ2n) is 6.11. The van der Waals surface area contributed by atoms with E-state index in [4.69, 9.17) is 0 Å². The van der Waals surface area contributed by atoms with E-state index < -0.39 is 0 Å². The molecule has 1 aromatic rings. The number of amides is 1. The fraction of sp³-hybridized carbons (Fsp3) is 0.588. The molecule has 0 aromatic heterocycles. The highest BCUT2D eigenvalue weighted by Gasteiger charge is 2.24. The third kappa shape index (κ3) is 3.97. The van der Waals surface area contributed by atoms with Crippen LogP contribution in [-0.2, 0) is 0 Å². The highest BCUT2D eigenvalue weighted by molar-refractivity contribution is 5.94. The molecule has 1 saturated heterocycles. The van der Waals surface area contributed by atoms with Crippen molar-refractivity contribution in [3.05, 3.63) is 29.3 Å². The molecule has 1 heterocycles. The standard InChI is InChI=1S/C17H27N3O/c1-5-18-17(21)14-6-7-16(13(4)10-14)19-15-8-9-20(11-15)12(2)3/h6-7,10,12,15,19H,5,8-9,11H2,1-4H3,(H,18,21). The Hall–Kier alpha value is -1.55. The first kappa shape index (κ1) is 15.8. The highest BCUT2D eigenvalue weighted by atomic mass is 16.1. The van der Waals surface area contributed by atoms with Crippen molar-refractivity contribution in [2.75, 3.05) is 25.0 Å². The fourth-order valence-corrected chi connectivity index (χ4v) is 2.82. The van der Waals surface area contributed by atoms with Crippen LogP contribution in [0, 0.1) is 6.92 Å². The summed E-state index contributed by atoms with van der Waals surface area (Å²) in [5.41, 5.74) is 3.00. The van der Waals surface area contributed by atoms with Gasteiger partial charge in [0.15, 0.2) is 0 Å². The van der Waals surface area contributed by atoms with Crippen LogP contribution in [-0.4, -0.2) is 42.5 Å². The van der Waals surface area contributed by atoms with Crippen molar-refractivity contribution in [3.8, 4) is 0 Å². The molecule has 21 heavy (non-hydrogen) atoms. The van der Waals surface area contributed by atoms with Crippen LogP contribution in [0.2, 0.25) is 0 Å². The van der Waals surface area contributed by atoms with E-state index in [0.717, 1.165) is 29.9 Å². The summed E-state index contributed by atoms with van der Waals surface area (Å²) in [6, 6.07) is 7.00. The van der Waals surface area contributed by atoms with Crippen molar-refractivity contribution in [2.45, 2.75) is 46.2 Å². The molecule has 0 bridgehead atoms. The van der Waals surface area contributed by atoms with Crippen LogP contribution in [0.15, 0.2) is 18.2 Å². The van der Waals surface area contributed by atoms with Crippen LogP contribution >= 0.6 is 0 Å². The van der Waals surface area contributed by atoms with Crippen LogP contribution < -0.4 is 10.6 Å². The Kier molecular flexibility index (Phi) is 5.23. The molecular weight excluding hydrogens is 262 g/mol. The quantitative estimate of drug-likeness (QED) is 0.876. The molecule has 4 heteroatoms. The lowest BCUT2D eigenvalue weighted by Crippen LogP contribution is -2.31. The second kappa shape index (κ2) is 6.94. The van der Waals surface area contributed by atoms with E-state index in [1.807, 2.05) is 25.1 Å². The van der Waals surface area contributed by atoms with E-state index in [1.165, 1.54) is 6.42 Å². The van der Waals surface area contributed by atoms with Crippen LogP contribution in [0.3, 0.4) is 0 Å². The zero-order chi connectivity index (χ0) is 15.4. The summed E-state index contributed by atoms with van der Waals surface area (Å²) in [5.74, 6) is -0.000927. The fourth-order valence-electron chi connectivity index (χ4n) is 2.82. The van der Waals surface area contributed by atoms with E-state index in [2.05, 4.69) is 36.3 Å². The van der Waals surface area contributed by atoms with Crippen molar-refractivity contribution in [1.82, 2.24) is 10.2 Å². The average molecular weight is 289 g/mol. The topological polar surface area (TPSA) is 44.4 Å². The van der Waals surface area contributed by atoms with Gasteiger partial charge in [0.1, 0.15) is 0 Å². The number of carbonyl (C=O) groups is 1. The number of rotatable bonds is 5. The highest BCUT2D eigenvalue weighted by Crippen LogP contribution is 2.21. The summed E-state index contributed by atoms with van der Waals surface area (Å²) in [4.78, 5) is 14.3. The van der Waals surface area contributed by atoms with Crippen LogP contribution in [0.4, 0.5) is 5.69 Å². The largest absolute Gasteiger partial charge is 0.381 e. The first-order valence-corrected chi connectivity index (χ1v) is 7.90. The number of nitrogens with one attached hydrogen (secondary N) is 2. The predicted molar refractivity (Wildman–Crippen MR) is 87.9 cm³/mol. The molecule has 0 radical (unpaired) electrons. The minimum atomic E-state index is -0.000927. The summed E-state index contributed by atoms with van der Waals surface area (Å²) in [5, 5.41) is 6.45. The van der Waals surface area contributed by atoms with Gasteiger partial charge in [-0.2, -0.15) is 0 Å². The first-order valence-electron chi connectivity index (χ1n) is 7.90. The van der Waals surface area contributed by atoms with Crippen molar-refractivity contribution in [3.63, 3.8) is 0 Å². The summed E-state index contributed by atoms with van der Waals surface area (Å²) in [7, 11) is 0. The Labute approximate surface area is 127 Å². The molecular formula is C17H27N3O. The smallest absolute Gasteiger partial charge is 0.251 e. The van der Waals surface area contributed by atoms with Gasteiger partial charge in [-0.1, -0.05) is 0 Å². The van der Waals surface area contributed by atoms with Gasteiger partial charge in [0.2, 0.25) is 0 Å². The van der Waals surface area contributed by atoms with Crippen LogP contribution in [0.1, 0.15) is 43.1 Å². The maximum atomic E-state index is 11.8. The van der Waals surface area contributed by atoms with Gasteiger partial charge in [-0.05, 0) is 57.9 Å². The van der Waals surface area contributed by atoms with Gasteiger partial charge in [-0.3, -0.25) is 9.69 Å². The number of nitrogens with zero attached hydrogens (tertiary/aromatic N) is 1. The Balaban J connectivity index is 2.00. The molecule has 2 rings (SSSR count). The predicted octanol–water partition coefficient (Wildman–Crippen LogP) is 2.64. The normalized spacial score (nSPS) is 19.0. The summed E-state index contributed by atoms with van der Waals surface area (Å²) in [6.07, 6.45) is 1.18. The lowest BCUT2D eigenvalue weighted by atomic mass is 10.1. The molecule has 1 amide bonds. The molecule has 1 aromatic carbocycles. The number of benzene rings is 1. The number of likely N-dealkylation sites (tertiary alicyclic amines) is 1. The van der Waals surface area contributed by atoms with Crippen molar-refractivity contribution in [1.29, 1.82) is 0 Å². The second-order valence-corrected chi connectivity index (χ2v) is 6.11.